The first-order chi connectivity index (χ1) is 9.08. The van der Waals surface area contributed by atoms with Gasteiger partial charge in [-0.3, -0.25) is 4.68 Å². The van der Waals surface area contributed by atoms with E-state index in [1.165, 1.54) is 12.1 Å². The molecule has 0 amide bonds. The molecule has 0 saturated heterocycles. The summed E-state index contributed by atoms with van der Waals surface area (Å²) in [5.74, 6) is -0.436. The summed E-state index contributed by atoms with van der Waals surface area (Å²) in [5.41, 5.74) is 0.551. The van der Waals surface area contributed by atoms with E-state index in [2.05, 4.69) is 24.3 Å². The normalized spacial score (nSPS) is 11.8. The Hall–Kier alpha value is -1.62. The summed E-state index contributed by atoms with van der Waals surface area (Å²) in [5, 5.41) is 7.41. The van der Waals surface area contributed by atoms with Crippen molar-refractivity contribution < 1.29 is 8.78 Å². The molecule has 0 saturated carbocycles. The van der Waals surface area contributed by atoms with Gasteiger partial charge in [-0.25, -0.2) is 8.78 Å². The minimum Gasteiger partial charge on any atom is -0.365 e. The number of hydrogen-bond donors (Lipinski definition) is 1. The predicted molar refractivity (Wildman–Crippen MR) is 78.2 cm³/mol. The molecule has 2 rings (SSSR count). The second-order valence-corrected chi connectivity index (χ2v) is 4.57. The zero-order chi connectivity index (χ0) is 13.8. The largest absolute Gasteiger partial charge is 0.365 e. The van der Waals surface area contributed by atoms with E-state index >= 15 is 0 Å². The molecule has 0 aliphatic heterocycles. The molecule has 110 valence electrons. The lowest BCUT2D eigenvalue weighted by Gasteiger charge is -2.08. The molecule has 1 atom stereocenters. The van der Waals surface area contributed by atoms with Gasteiger partial charge in [0.2, 0.25) is 0 Å². The summed E-state index contributed by atoms with van der Waals surface area (Å²) < 4.78 is 27.9. The third-order valence-corrected chi connectivity index (χ3v) is 3.05. The SMILES string of the molecule is CCC(C)n1ccc(NCc2cc(F)cc(F)c2)n1.Cl. The average molecular weight is 302 g/mol. The van der Waals surface area contributed by atoms with Crippen molar-refractivity contribution in [2.45, 2.75) is 32.9 Å². The second-order valence-electron chi connectivity index (χ2n) is 4.57. The van der Waals surface area contributed by atoms with E-state index in [0.29, 0.717) is 24.0 Å². The van der Waals surface area contributed by atoms with E-state index in [-0.39, 0.29) is 12.4 Å². The van der Waals surface area contributed by atoms with Crippen molar-refractivity contribution in [2.75, 3.05) is 5.32 Å². The third-order valence-electron chi connectivity index (χ3n) is 3.05. The first kappa shape index (κ1) is 16.4. The maximum Gasteiger partial charge on any atom is 0.148 e. The topological polar surface area (TPSA) is 29.9 Å². The Labute approximate surface area is 123 Å². The highest BCUT2D eigenvalue weighted by molar-refractivity contribution is 5.85. The van der Waals surface area contributed by atoms with Gasteiger partial charge in [-0.15, -0.1) is 12.4 Å². The van der Waals surface area contributed by atoms with Crippen LogP contribution in [0.1, 0.15) is 31.9 Å². The molecule has 0 aliphatic carbocycles. The highest BCUT2D eigenvalue weighted by Gasteiger charge is 2.05. The monoisotopic (exact) mass is 301 g/mol. The number of anilines is 1. The van der Waals surface area contributed by atoms with Gasteiger partial charge < -0.3 is 5.32 Å². The quantitative estimate of drug-likeness (QED) is 0.898. The van der Waals surface area contributed by atoms with Crippen molar-refractivity contribution in [3.63, 3.8) is 0 Å². The summed E-state index contributed by atoms with van der Waals surface area (Å²) in [6.45, 7) is 4.51. The van der Waals surface area contributed by atoms with Crippen molar-refractivity contribution in [1.29, 1.82) is 0 Å². The van der Waals surface area contributed by atoms with Gasteiger partial charge in [0, 0.05) is 30.9 Å². The van der Waals surface area contributed by atoms with Crippen molar-refractivity contribution >= 4 is 18.2 Å². The van der Waals surface area contributed by atoms with E-state index in [1.807, 2.05) is 16.9 Å². The van der Waals surface area contributed by atoms with Gasteiger partial charge in [-0.05, 0) is 31.0 Å². The van der Waals surface area contributed by atoms with Crippen molar-refractivity contribution in [2.24, 2.45) is 0 Å². The summed E-state index contributed by atoms with van der Waals surface area (Å²) in [6.07, 6.45) is 2.89. The van der Waals surface area contributed by atoms with E-state index in [9.17, 15) is 8.78 Å². The van der Waals surface area contributed by atoms with Gasteiger partial charge in [0.25, 0.3) is 0 Å². The number of nitrogens with zero attached hydrogens (tertiary/aromatic N) is 2. The molecule has 0 fully saturated rings. The van der Waals surface area contributed by atoms with Crippen LogP contribution < -0.4 is 5.32 Å². The van der Waals surface area contributed by atoms with Crippen LogP contribution in [0.2, 0.25) is 0 Å². The molecule has 1 aromatic heterocycles. The zero-order valence-electron chi connectivity index (χ0n) is 11.4. The van der Waals surface area contributed by atoms with Crippen molar-refractivity contribution in [3.8, 4) is 0 Å². The molecule has 0 radical (unpaired) electrons. The van der Waals surface area contributed by atoms with Crippen LogP contribution in [0.25, 0.3) is 0 Å². The molecule has 2 aromatic rings. The molecule has 0 bridgehead atoms. The zero-order valence-corrected chi connectivity index (χ0v) is 12.3. The Bertz CT molecular complexity index is 537. The van der Waals surface area contributed by atoms with Crippen molar-refractivity contribution in [1.82, 2.24) is 9.78 Å². The van der Waals surface area contributed by atoms with Crippen molar-refractivity contribution in [3.05, 3.63) is 47.7 Å². The molecule has 1 aromatic carbocycles. The van der Waals surface area contributed by atoms with Crippen LogP contribution in [0.3, 0.4) is 0 Å². The molecule has 20 heavy (non-hydrogen) atoms. The Balaban J connectivity index is 0.00000200. The summed E-state index contributed by atoms with van der Waals surface area (Å²) in [6, 6.07) is 5.66. The number of halogens is 3. The van der Waals surface area contributed by atoms with Crippen LogP contribution in [0.4, 0.5) is 14.6 Å². The molecule has 3 nitrogen and oxygen atoms in total. The van der Waals surface area contributed by atoms with E-state index < -0.39 is 11.6 Å². The standard InChI is InChI=1S/C14H17F2N3.ClH/c1-3-10(2)19-5-4-14(18-19)17-9-11-6-12(15)8-13(16)7-11;/h4-8,10H,3,9H2,1-2H3,(H,17,18);1H. The molecule has 1 N–H and O–H groups in total. The molecule has 0 aliphatic rings. The van der Waals surface area contributed by atoms with Crippen LogP contribution in [0.5, 0.6) is 0 Å². The number of aromatic nitrogens is 2. The molecular formula is C14H18ClF2N3. The molecule has 1 heterocycles. The van der Waals surface area contributed by atoms with Gasteiger partial charge >= 0.3 is 0 Å². The van der Waals surface area contributed by atoms with Crippen LogP contribution in [0, 0.1) is 11.6 Å². The highest BCUT2D eigenvalue weighted by atomic mass is 35.5. The van der Waals surface area contributed by atoms with Gasteiger partial charge in [-0.1, -0.05) is 6.92 Å². The van der Waals surface area contributed by atoms with Gasteiger partial charge in [-0.2, -0.15) is 5.10 Å². The van der Waals surface area contributed by atoms with Crippen LogP contribution in [-0.4, -0.2) is 9.78 Å². The summed E-state index contributed by atoms with van der Waals surface area (Å²) >= 11 is 0. The van der Waals surface area contributed by atoms with E-state index in [0.717, 1.165) is 12.5 Å². The first-order valence-corrected chi connectivity index (χ1v) is 6.32. The fraction of sp³-hybridized carbons (Fsp3) is 0.357. The van der Waals surface area contributed by atoms with Gasteiger partial charge in [0.05, 0.1) is 0 Å². The van der Waals surface area contributed by atoms with Gasteiger partial charge in [0.15, 0.2) is 0 Å². The van der Waals surface area contributed by atoms with Crippen LogP contribution in [0.15, 0.2) is 30.5 Å². The minimum atomic E-state index is -0.568. The number of hydrogen-bond acceptors (Lipinski definition) is 2. The number of nitrogens with one attached hydrogen (secondary N) is 1. The Kier molecular flexibility index (Phi) is 5.95. The minimum absolute atomic E-state index is 0. The van der Waals surface area contributed by atoms with Crippen LogP contribution in [-0.2, 0) is 6.54 Å². The number of benzene rings is 1. The molecule has 6 heteroatoms. The lowest BCUT2D eigenvalue weighted by atomic mass is 10.2. The fourth-order valence-corrected chi connectivity index (χ4v) is 1.77. The first-order valence-electron chi connectivity index (χ1n) is 6.32. The van der Waals surface area contributed by atoms with E-state index in [4.69, 9.17) is 0 Å². The number of rotatable bonds is 5. The lowest BCUT2D eigenvalue weighted by molar-refractivity contribution is 0.479. The Morgan fingerprint density at radius 2 is 1.90 bits per heavy atom. The smallest absolute Gasteiger partial charge is 0.148 e. The Morgan fingerprint density at radius 1 is 1.25 bits per heavy atom. The molecule has 1 unspecified atom stereocenters. The molecular weight excluding hydrogens is 284 g/mol. The Morgan fingerprint density at radius 3 is 2.50 bits per heavy atom. The summed E-state index contributed by atoms with van der Waals surface area (Å²) in [4.78, 5) is 0. The predicted octanol–water partition coefficient (Wildman–Crippen LogP) is 4.17. The maximum absolute atomic E-state index is 13.0. The second kappa shape index (κ2) is 7.24. The van der Waals surface area contributed by atoms with E-state index in [1.54, 1.807) is 0 Å². The third kappa shape index (κ3) is 4.20. The van der Waals surface area contributed by atoms with Gasteiger partial charge in [0.1, 0.15) is 17.5 Å². The lowest BCUT2D eigenvalue weighted by Crippen LogP contribution is -2.06. The van der Waals surface area contributed by atoms with Crippen LogP contribution >= 0.6 is 12.4 Å². The highest BCUT2D eigenvalue weighted by Crippen LogP contribution is 2.13. The molecule has 0 spiro atoms. The maximum atomic E-state index is 13.0. The fourth-order valence-electron chi connectivity index (χ4n) is 1.77. The average Bonchev–Trinajstić information content (AvgIpc) is 2.83. The summed E-state index contributed by atoms with van der Waals surface area (Å²) in [7, 11) is 0.